The van der Waals surface area contributed by atoms with E-state index in [9.17, 15) is 0 Å². The van der Waals surface area contributed by atoms with Crippen molar-refractivity contribution in [1.29, 1.82) is 0 Å². The molecule has 0 amide bonds. The summed E-state index contributed by atoms with van der Waals surface area (Å²) in [5.74, 6) is 7.10. The molecule has 9 rings (SSSR count). The number of pyridine rings is 1. The molecule has 1 radical (unpaired) electrons. The molecule has 0 fully saturated rings. The van der Waals surface area contributed by atoms with Crippen molar-refractivity contribution in [2.45, 2.75) is 43.9 Å². The van der Waals surface area contributed by atoms with Gasteiger partial charge in [-0.25, -0.2) is 0 Å². The number of rotatable bonds is 6. The summed E-state index contributed by atoms with van der Waals surface area (Å²) < 4.78 is 36.8. The van der Waals surface area contributed by atoms with Gasteiger partial charge in [0.05, 0.1) is 16.9 Å². The van der Waals surface area contributed by atoms with Crippen molar-refractivity contribution < 1.29 is 25.6 Å². The molecule has 275 valence electrons. The first-order chi connectivity index (χ1) is 27.7. The van der Waals surface area contributed by atoms with Gasteiger partial charge in [-0.2, -0.15) is 11.3 Å². The van der Waals surface area contributed by atoms with Gasteiger partial charge in [0.2, 0.25) is 0 Å². The van der Waals surface area contributed by atoms with E-state index < -0.39 is 26.0 Å². The van der Waals surface area contributed by atoms with Gasteiger partial charge < -0.3 is 4.57 Å². The number of thiophene rings is 1. The first-order valence-electron chi connectivity index (χ1n) is 20.2. The Kier molecular flexibility index (Phi) is 9.93. The summed E-state index contributed by atoms with van der Waals surface area (Å²) in [6.45, 7) is 1.66. The van der Waals surface area contributed by atoms with Crippen molar-refractivity contribution >= 4 is 60.2 Å². The second kappa shape index (κ2) is 16.2. The van der Waals surface area contributed by atoms with Crippen molar-refractivity contribution in [3.05, 3.63) is 169 Å². The summed E-state index contributed by atoms with van der Waals surface area (Å²) in [6.07, 6.45) is 1.91. The number of fused-ring (bicyclic) bond motifs is 4. The van der Waals surface area contributed by atoms with Crippen molar-refractivity contribution in [2.24, 2.45) is 0 Å². The molecule has 0 atom stereocenters. The molecule has 6 aromatic carbocycles. The number of aryl methyl sites for hydroxylation is 1. The minimum Gasteiger partial charge on any atom is -0.333 e. The van der Waals surface area contributed by atoms with Crippen LogP contribution in [0.1, 0.15) is 36.4 Å². The molecule has 0 saturated carbocycles. The number of imidazole rings is 1. The van der Waals surface area contributed by atoms with E-state index in [4.69, 9.17) is 10.5 Å². The van der Waals surface area contributed by atoms with Gasteiger partial charge in [0.25, 0.3) is 0 Å². The third-order valence-corrected chi connectivity index (χ3v) is 15.1. The third-order valence-electron chi connectivity index (χ3n) is 9.69. The fraction of sp³-hybridized carbons (Fsp3) is 0.143. The van der Waals surface area contributed by atoms with E-state index in [0.29, 0.717) is 0 Å². The summed E-state index contributed by atoms with van der Waals surface area (Å²) in [7, 11) is 0. The second-order valence-electron chi connectivity index (χ2n) is 14.7. The molecule has 0 aliphatic carbocycles. The van der Waals surface area contributed by atoms with Crippen LogP contribution in [0.3, 0.4) is 0 Å². The predicted octanol–water partition coefficient (Wildman–Crippen LogP) is 13.1. The van der Waals surface area contributed by atoms with Crippen molar-refractivity contribution in [3.63, 3.8) is 0 Å². The van der Waals surface area contributed by atoms with Crippen LogP contribution in [0.15, 0.2) is 146 Å². The van der Waals surface area contributed by atoms with Gasteiger partial charge in [-0.3, -0.25) is 4.98 Å². The molecule has 6 heteroatoms. The van der Waals surface area contributed by atoms with E-state index in [-0.39, 0.29) is 25.7 Å². The van der Waals surface area contributed by atoms with Crippen molar-refractivity contribution in [1.82, 2.24) is 14.5 Å². The summed E-state index contributed by atoms with van der Waals surface area (Å²) in [5.41, 5.74) is 9.40. The number of hydrogen-bond acceptors (Lipinski definition) is 3. The first kappa shape index (κ1) is 33.7. The van der Waals surface area contributed by atoms with Gasteiger partial charge in [-0.05, 0) is 51.5 Å². The smallest absolute Gasteiger partial charge is 0.0774 e. The van der Waals surface area contributed by atoms with E-state index in [1.165, 1.54) is 41.8 Å². The predicted molar refractivity (Wildman–Crippen MR) is 234 cm³/mol. The topological polar surface area (TPSA) is 30.7 Å². The Morgan fingerprint density at radius 3 is 2.24 bits per heavy atom. The number of para-hydroxylation sites is 2. The zero-order valence-corrected chi connectivity index (χ0v) is 36.7. The van der Waals surface area contributed by atoms with E-state index in [2.05, 4.69) is 136 Å². The third kappa shape index (κ3) is 7.90. The zero-order chi connectivity index (χ0) is 40.8. The Morgan fingerprint density at radius 1 is 0.782 bits per heavy atom. The molecular formula is C49H43GeIrN3S-2. The Morgan fingerprint density at radius 2 is 1.51 bits per heavy atom. The van der Waals surface area contributed by atoms with Crippen LogP contribution in [0, 0.1) is 19.0 Å². The van der Waals surface area contributed by atoms with Gasteiger partial charge in [-0.1, -0.05) is 83.7 Å². The van der Waals surface area contributed by atoms with E-state index >= 15 is 0 Å². The summed E-state index contributed by atoms with van der Waals surface area (Å²) in [6, 6.07) is 53.7. The summed E-state index contributed by atoms with van der Waals surface area (Å²) in [5, 5.41) is 2.54. The average Bonchev–Trinajstić information content (AvgIpc) is 3.79. The SMILES string of the molecule is [2H]C([2H])([2H])c1c[c-]c(-c2cc(C([2H])(C)C)[c]([Ge]([CH3])([CH3])[CH3])cn2)cc1.[Ir].[c-]1ccc2c(sc3ccccc32)c1-c1nc2ccccc2n1-c1ccc(-c2ccccc2)cc1. The minimum atomic E-state index is -2.14. The van der Waals surface area contributed by atoms with Crippen molar-refractivity contribution in [3.8, 4) is 39.5 Å². The van der Waals surface area contributed by atoms with Crippen LogP contribution in [-0.2, 0) is 20.1 Å². The normalized spacial score (nSPS) is 13.0. The minimum absolute atomic E-state index is 0. The molecule has 55 heavy (non-hydrogen) atoms. The molecule has 0 bridgehead atoms. The maximum Gasteiger partial charge on any atom is 0.0774 e. The monoisotopic (exact) mass is 976 g/mol. The Bertz CT molecular complexity index is 2890. The number of benzene rings is 6. The van der Waals surface area contributed by atoms with E-state index in [0.717, 1.165) is 44.9 Å². The molecule has 3 heterocycles. The Labute approximate surface area is 350 Å². The Hall–Kier alpha value is -4.65. The second-order valence-corrected chi connectivity index (χ2v) is 26.3. The van der Waals surface area contributed by atoms with Crippen LogP contribution in [0.5, 0.6) is 0 Å². The molecule has 3 nitrogen and oxygen atoms in total. The molecule has 3 aromatic heterocycles. The maximum absolute atomic E-state index is 8.49. The van der Waals surface area contributed by atoms with Crippen LogP contribution in [0.2, 0.25) is 17.3 Å². The van der Waals surface area contributed by atoms with Gasteiger partial charge in [0, 0.05) is 30.5 Å². The summed E-state index contributed by atoms with van der Waals surface area (Å²) >= 11 is -0.329. The number of hydrogen-bond donors (Lipinski definition) is 0. The molecule has 0 saturated heterocycles. The maximum atomic E-state index is 8.49. The average molecular weight is 975 g/mol. The van der Waals surface area contributed by atoms with Gasteiger partial charge in [0.15, 0.2) is 0 Å². The molecule has 0 N–H and O–H groups in total. The van der Waals surface area contributed by atoms with E-state index in [1.807, 2.05) is 55.6 Å². The fourth-order valence-electron chi connectivity index (χ4n) is 6.94. The quantitative estimate of drug-likeness (QED) is 0.123. The molecule has 0 spiro atoms. The first-order valence-corrected chi connectivity index (χ1v) is 26.3. The van der Waals surface area contributed by atoms with E-state index in [1.54, 1.807) is 12.1 Å². The fourth-order valence-corrected chi connectivity index (χ4v) is 11.5. The largest absolute Gasteiger partial charge is 0.333 e. The zero-order valence-electron chi connectivity index (χ0n) is 35.4. The molecule has 9 aromatic rings. The summed E-state index contributed by atoms with van der Waals surface area (Å²) in [4.78, 5) is 9.67. The van der Waals surface area contributed by atoms with Crippen LogP contribution in [0.25, 0.3) is 70.7 Å². The van der Waals surface area contributed by atoms with Gasteiger partial charge >= 0.3 is 131 Å². The van der Waals surface area contributed by atoms with Crippen LogP contribution >= 0.6 is 11.3 Å². The van der Waals surface area contributed by atoms with Crippen molar-refractivity contribution in [2.75, 3.05) is 0 Å². The standard InChI is InChI=1S/C31H19N2S.C18H24GeN.Ir/c1-2-9-21(10-3-1)22-17-19-23(20-18-22)33-28-15-6-5-14-27(28)32-31(33)26-13-8-12-25-24-11-4-7-16-29(24)34-30(25)26;1-13(2)16-11-18(15-9-7-14(3)8-10-15)20-12-17(16)19(4,5)6;/h1-12,14-20H;7-9,11-13H,1-6H3;/q2*-1;/i;3D3,13D;. The Balaban J connectivity index is 0.000000188. The number of nitrogens with zero attached hydrogens (tertiary/aromatic N) is 3. The van der Waals surface area contributed by atoms with Crippen LogP contribution in [-0.4, -0.2) is 27.8 Å². The molecule has 0 aliphatic heterocycles. The van der Waals surface area contributed by atoms with Gasteiger partial charge in [-0.15, -0.1) is 18.2 Å². The molecule has 0 aliphatic rings. The van der Waals surface area contributed by atoms with Crippen LogP contribution in [0.4, 0.5) is 0 Å². The van der Waals surface area contributed by atoms with Gasteiger partial charge in [0.1, 0.15) is 0 Å². The molecular weight excluding hydrogens is 927 g/mol. The van der Waals surface area contributed by atoms with Crippen LogP contribution < -0.4 is 4.40 Å². The molecule has 0 unspecified atom stereocenters. The number of aromatic nitrogens is 3.